The minimum atomic E-state index is 1.05. The zero-order valence-corrected chi connectivity index (χ0v) is 10.2. The van der Waals surface area contributed by atoms with Gasteiger partial charge in [0.25, 0.3) is 0 Å². The van der Waals surface area contributed by atoms with Crippen molar-refractivity contribution in [1.29, 1.82) is 0 Å². The van der Waals surface area contributed by atoms with Crippen molar-refractivity contribution in [2.45, 2.75) is 0 Å². The summed E-state index contributed by atoms with van der Waals surface area (Å²) in [5.41, 5.74) is 3.37. The highest BCUT2D eigenvalue weighted by molar-refractivity contribution is 5.97. The Hall–Kier alpha value is -2.68. The van der Waals surface area contributed by atoms with Gasteiger partial charge >= 0.3 is 0 Å². The van der Waals surface area contributed by atoms with Crippen molar-refractivity contribution >= 4 is 21.7 Å². The molecule has 2 aromatic heterocycles. The Bertz CT molecular complexity index is 872. The van der Waals surface area contributed by atoms with Gasteiger partial charge in [-0.3, -0.25) is 10.1 Å². The Labute approximate surface area is 109 Å². The maximum atomic E-state index is 4.33. The third-order valence-corrected chi connectivity index (χ3v) is 3.42. The maximum Gasteiger partial charge on any atom is 0.0650 e. The van der Waals surface area contributed by atoms with Gasteiger partial charge in [-0.25, -0.2) is 0 Å². The van der Waals surface area contributed by atoms with Crippen molar-refractivity contribution in [1.82, 2.24) is 15.2 Å². The maximum absolute atomic E-state index is 4.33. The van der Waals surface area contributed by atoms with Crippen LogP contribution in [0.25, 0.3) is 32.8 Å². The second kappa shape index (κ2) is 3.92. The normalized spacial score (nSPS) is 11.2. The van der Waals surface area contributed by atoms with Crippen LogP contribution in [0, 0.1) is 0 Å². The predicted octanol–water partition coefficient (Wildman–Crippen LogP) is 3.78. The standard InChI is InChI=1S/C16H11N3/c1-2-4-14-12(3-1)8-17-10-15(14)11-5-6-16-13(7-11)9-18-19-16/h1-10H,(H,18,19). The second-order valence-electron chi connectivity index (χ2n) is 4.58. The third kappa shape index (κ3) is 1.59. The Balaban J connectivity index is 2.03. The molecule has 0 aliphatic rings. The summed E-state index contributed by atoms with van der Waals surface area (Å²) < 4.78 is 0. The lowest BCUT2D eigenvalue weighted by Crippen LogP contribution is -1.83. The predicted molar refractivity (Wildman–Crippen MR) is 76.8 cm³/mol. The number of benzene rings is 2. The zero-order chi connectivity index (χ0) is 12.7. The first kappa shape index (κ1) is 10.3. The third-order valence-electron chi connectivity index (χ3n) is 3.42. The van der Waals surface area contributed by atoms with Gasteiger partial charge in [0.1, 0.15) is 0 Å². The number of aromatic nitrogens is 3. The highest BCUT2D eigenvalue weighted by atomic mass is 15.1. The molecule has 1 N–H and O–H groups in total. The van der Waals surface area contributed by atoms with E-state index in [4.69, 9.17) is 0 Å². The van der Waals surface area contributed by atoms with Crippen LogP contribution in [0.4, 0.5) is 0 Å². The molecule has 0 fully saturated rings. The van der Waals surface area contributed by atoms with Gasteiger partial charge in [-0.15, -0.1) is 0 Å². The molecule has 4 rings (SSSR count). The number of pyridine rings is 1. The Morgan fingerprint density at radius 1 is 0.842 bits per heavy atom. The minimum absolute atomic E-state index is 1.05. The molecule has 0 atom stereocenters. The number of aromatic amines is 1. The van der Waals surface area contributed by atoms with Crippen molar-refractivity contribution in [2.24, 2.45) is 0 Å². The largest absolute Gasteiger partial charge is 0.278 e. The molecule has 0 aliphatic heterocycles. The van der Waals surface area contributed by atoms with Gasteiger partial charge in [0.05, 0.1) is 11.7 Å². The summed E-state index contributed by atoms with van der Waals surface area (Å²) in [4.78, 5) is 4.33. The van der Waals surface area contributed by atoms with Crippen LogP contribution in [0.3, 0.4) is 0 Å². The van der Waals surface area contributed by atoms with Crippen molar-refractivity contribution in [3.63, 3.8) is 0 Å². The van der Waals surface area contributed by atoms with Gasteiger partial charge in [0, 0.05) is 28.7 Å². The molecule has 3 nitrogen and oxygen atoms in total. The molecule has 90 valence electrons. The lowest BCUT2D eigenvalue weighted by atomic mass is 10.0. The first-order valence-electron chi connectivity index (χ1n) is 6.18. The summed E-state index contributed by atoms with van der Waals surface area (Å²) >= 11 is 0. The molecular weight excluding hydrogens is 234 g/mol. The van der Waals surface area contributed by atoms with Crippen LogP contribution < -0.4 is 0 Å². The second-order valence-corrected chi connectivity index (χ2v) is 4.58. The first-order chi connectivity index (χ1) is 9.42. The molecular formula is C16H11N3. The van der Waals surface area contributed by atoms with E-state index in [9.17, 15) is 0 Å². The van der Waals surface area contributed by atoms with Gasteiger partial charge in [0.2, 0.25) is 0 Å². The summed E-state index contributed by atoms with van der Waals surface area (Å²) in [6.45, 7) is 0. The Morgan fingerprint density at radius 3 is 2.79 bits per heavy atom. The lowest BCUT2D eigenvalue weighted by molar-refractivity contribution is 1.12. The minimum Gasteiger partial charge on any atom is -0.278 e. The van der Waals surface area contributed by atoms with Crippen LogP contribution in [0.15, 0.2) is 61.1 Å². The molecule has 0 bridgehead atoms. The first-order valence-corrected chi connectivity index (χ1v) is 6.18. The lowest BCUT2D eigenvalue weighted by Gasteiger charge is -2.06. The van der Waals surface area contributed by atoms with Crippen LogP contribution in [-0.4, -0.2) is 15.2 Å². The van der Waals surface area contributed by atoms with E-state index in [0.29, 0.717) is 0 Å². The monoisotopic (exact) mass is 245 g/mol. The SMILES string of the molecule is c1ccc2c(-c3ccc4[nH]ncc4c3)cncc2c1. The fourth-order valence-corrected chi connectivity index (χ4v) is 2.46. The van der Waals surface area contributed by atoms with Crippen LogP contribution in [0.2, 0.25) is 0 Å². The number of fused-ring (bicyclic) bond motifs is 2. The number of hydrogen-bond donors (Lipinski definition) is 1. The highest BCUT2D eigenvalue weighted by Gasteiger charge is 2.05. The molecule has 3 heteroatoms. The number of hydrogen-bond acceptors (Lipinski definition) is 2. The molecule has 0 radical (unpaired) electrons. The number of rotatable bonds is 1. The number of H-pyrrole nitrogens is 1. The summed E-state index contributed by atoms with van der Waals surface area (Å²) in [5, 5.41) is 10.5. The molecule has 0 amide bonds. The quantitative estimate of drug-likeness (QED) is 0.554. The van der Waals surface area contributed by atoms with Crippen molar-refractivity contribution < 1.29 is 0 Å². The molecule has 0 spiro atoms. The zero-order valence-electron chi connectivity index (χ0n) is 10.2. The fourth-order valence-electron chi connectivity index (χ4n) is 2.46. The topological polar surface area (TPSA) is 41.6 Å². The van der Waals surface area contributed by atoms with Gasteiger partial charge in [0.15, 0.2) is 0 Å². The van der Waals surface area contributed by atoms with E-state index in [1.807, 2.05) is 24.7 Å². The molecule has 0 saturated carbocycles. The van der Waals surface area contributed by atoms with E-state index in [1.54, 1.807) is 0 Å². The average Bonchev–Trinajstić information content (AvgIpc) is 2.94. The highest BCUT2D eigenvalue weighted by Crippen LogP contribution is 2.29. The fraction of sp³-hybridized carbons (Fsp3) is 0. The van der Waals surface area contributed by atoms with E-state index >= 15 is 0 Å². The van der Waals surface area contributed by atoms with E-state index in [0.717, 1.165) is 21.9 Å². The van der Waals surface area contributed by atoms with Crippen molar-refractivity contribution in [2.75, 3.05) is 0 Å². The average molecular weight is 245 g/mol. The van der Waals surface area contributed by atoms with E-state index in [-0.39, 0.29) is 0 Å². The summed E-state index contributed by atoms with van der Waals surface area (Å²) in [7, 11) is 0. The number of nitrogens with zero attached hydrogens (tertiary/aromatic N) is 2. The smallest absolute Gasteiger partial charge is 0.0650 e. The van der Waals surface area contributed by atoms with Crippen LogP contribution in [-0.2, 0) is 0 Å². The van der Waals surface area contributed by atoms with Gasteiger partial charge in [-0.05, 0) is 23.1 Å². The molecule has 2 heterocycles. The van der Waals surface area contributed by atoms with E-state index < -0.39 is 0 Å². The molecule has 0 aliphatic carbocycles. The molecule has 19 heavy (non-hydrogen) atoms. The Kier molecular flexibility index (Phi) is 2.12. The molecule has 4 aromatic rings. The van der Waals surface area contributed by atoms with Crippen molar-refractivity contribution in [3.05, 3.63) is 61.1 Å². The van der Waals surface area contributed by atoms with Crippen LogP contribution in [0.1, 0.15) is 0 Å². The molecule has 0 unspecified atom stereocenters. The summed E-state index contributed by atoms with van der Waals surface area (Å²) in [6, 6.07) is 14.6. The van der Waals surface area contributed by atoms with Crippen LogP contribution >= 0.6 is 0 Å². The summed E-state index contributed by atoms with van der Waals surface area (Å²) in [6.07, 6.45) is 5.66. The van der Waals surface area contributed by atoms with Crippen LogP contribution in [0.5, 0.6) is 0 Å². The molecule has 2 aromatic carbocycles. The van der Waals surface area contributed by atoms with Gasteiger partial charge in [-0.1, -0.05) is 30.3 Å². The van der Waals surface area contributed by atoms with E-state index in [1.165, 1.54) is 10.9 Å². The van der Waals surface area contributed by atoms with Crippen molar-refractivity contribution in [3.8, 4) is 11.1 Å². The van der Waals surface area contributed by atoms with E-state index in [2.05, 4.69) is 51.6 Å². The van der Waals surface area contributed by atoms with Gasteiger partial charge < -0.3 is 0 Å². The number of nitrogens with one attached hydrogen (secondary N) is 1. The molecule has 0 saturated heterocycles. The Morgan fingerprint density at radius 2 is 1.79 bits per heavy atom. The van der Waals surface area contributed by atoms with Gasteiger partial charge in [-0.2, -0.15) is 5.10 Å². The summed E-state index contributed by atoms with van der Waals surface area (Å²) in [5.74, 6) is 0.